The van der Waals surface area contributed by atoms with E-state index in [2.05, 4.69) is 28.9 Å². The third-order valence-electron chi connectivity index (χ3n) is 6.66. The molecule has 2 fully saturated rings. The van der Waals surface area contributed by atoms with E-state index in [-0.39, 0.29) is 16.2 Å². The maximum absolute atomic E-state index is 12.6. The zero-order valence-corrected chi connectivity index (χ0v) is 15.8. The number of carbonyl (C=O) groups excluding carboxylic acids is 2. The largest absolute Gasteiger partial charge is 0.427 e. The Morgan fingerprint density at radius 3 is 2.88 bits per heavy atom. The molecule has 0 bridgehead atoms. The Morgan fingerprint density at radius 2 is 2.12 bits per heavy atom. The first-order chi connectivity index (χ1) is 11.4. The fraction of sp³-hybridized carbons (Fsp3) is 0.600. The van der Waals surface area contributed by atoms with Gasteiger partial charge in [0.05, 0.1) is 4.83 Å². The Hall–Kier alpha value is -1.16. The van der Waals surface area contributed by atoms with Gasteiger partial charge in [0.2, 0.25) is 0 Å². The molecule has 0 aromatic heterocycles. The summed E-state index contributed by atoms with van der Waals surface area (Å²) in [6.45, 7) is 3.63. The van der Waals surface area contributed by atoms with E-state index in [1.165, 1.54) is 18.1 Å². The van der Waals surface area contributed by atoms with Crippen LogP contribution in [-0.4, -0.2) is 16.6 Å². The van der Waals surface area contributed by atoms with Gasteiger partial charge in [-0.2, -0.15) is 0 Å². The van der Waals surface area contributed by atoms with Gasteiger partial charge in [-0.25, -0.2) is 0 Å². The van der Waals surface area contributed by atoms with Crippen LogP contribution in [0.1, 0.15) is 56.6 Å². The lowest BCUT2D eigenvalue weighted by atomic mass is 9.55. The Morgan fingerprint density at radius 1 is 1.33 bits per heavy atom. The summed E-state index contributed by atoms with van der Waals surface area (Å²) in [7, 11) is 0. The number of aryl methyl sites for hydroxylation is 1. The van der Waals surface area contributed by atoms with Crippen molar-refractivity contribution in [3.8, 4) is 5.75 Å². The van der Waals surface area contributed by atoms with Crippen molar-refractivity contribution in [3.63, 3.8) is 0 Å². The number of Topliss-reactive ketones (excluding diaryl/α,β-unsaturated/α-hetero) is 1. The molecule has 1 aromatic rings. The lowest BCUT2D eigenvalue weighted by Gasteiger charge is -2.48. The minimum absolute atomic E-state index is 0.0407. The second kappa shape index (κ2) is 5.69. The summed E-state index contributed by atoms with van der Waals surface area (Å²) >= 11 is 3.61. The van der Waals surface area contributed by atoms with E-state index < -0.39 is 0 Å². The molecule has 3 aliphatic carbocycles. The third-order valence-corrected chi connectivity index (χ3v) is 7.45. The van der Waals surface area contributed by atoms with Gasteiger partial charge in [0.25, 0.3) is 0 Å². The summed E-state index contributed by atoms with van der Waals surface area (Å²) in [6, 6.07) is 6.10. The highest BCUT2D eigenvalue weighted by atomic mass is 79.9. The Bertz CT molecular complexity index is 713. The second-order valence-corrected chi connectivity index (χ2v) is 9.00. The van der Waals surface area contributed by atoms with Crippen molar-refractivity contribution < 1.29 is 14.3 Å². The summed E-state index contributed by atoms with van der Waals surface area (Å²) < 4.78 is 5.24. The second-order valence-electron chi connectivity index (χ2n) is 7.89. The molecule has 0 aliphatic heterocycles. The first-order valence-electron chi connectivity index (χ1n) is 8.90. The predicted molar refractivity (Wildman–Crippen MR) is 95.5 cm³/mol. The average molecular weight is 391 g/mol. The van der Waals surface area contributed by atoms with Crippen molar-refractivity contribution >= 4 is 27.7 Å². The molecule has 5 atom stereocenters. The zero-order chi connectivity index (χ0) is 17.1. The average Bonchev–Trinajstić information content (AvgIpc) is 2.77. The molecule has 4 heteroatoms. The number of hydrogen-bond acceptors (Lipinski definition) is 3. The first-order valence-corrected chi connectivity index (χ1v) is 9.81. The molecule has 0 amide bonds. The number of esters is 1. The maximum atomic E-state index is 12.6. The van der Waals surface area contributed by atoms with E-state index in [9.17, 15) is 9.59 Å². The molecule has 3 aliphatic rings. The van der Waals surface area contributed by atoms with Crippen molar-refractivity contribution in [1.82, 2.24) is 0 Å². The Balaban J connectivity index is 1.65. The van der Waals surface area contributed by atoms with Crippen molar-refractivity contribution in [3.05, 3.63) is 29.3 Å². The number of hydrogen-bond donors (Lipinski definition) is 0. The van der Waals surface area contributed by atoms with Gasteiger partial charge in [-0.3, -0.25) is 9.59 Å². The summed E-state index contributed by atoms with van der Waals surface area (Å²) in [4.78, 5) is 23.8. The van der Waals surface area contributed by atoms with Crippen LogP contribution in [0.5, 0.6) is 5.75 Å². The van der Waals surface area contributed by atoms with Gasteiger partial charge in [-0.05, 0) is 73.1 Å². The number of ether oxygens (including phenoxy) is 1. The topological polar surface area (TPSA) is 43.4 Å². The molecule has 1 aromatic carbocycles. The SMILES string of the molecule is CC(=O)Oc1ccc2c(c1)CCC1C2CC[C@]2(C)C(=O)[C@H](Br)CC12. The molecule has 2 saturated carbocycles. The van der Waals surface area contributed by atoms with E-state index in [0.717, 1.165) is 32.1 Å². The van der Waals surface area contributed by atoms with E-state index >= 15 is 0 Å². The molecular weight excluding hydrogens is 368 g/mol. The van der Waals surface area contributed by atoms with Gasteiger partial charge in [0.15, 0.2) is 5.78 Å². The van der Waals surface area contributed by atoms with Crippen LogP contribution in [0.2, 0.25) is 0 Å². The predicted octanol–water partition coefficient (Wildman–Crippen LogP) is 4.41. The van der Waals surface area contributed by atoms with Crippen LogP contribution in [0.4, 0.5) is 0 Å². The van der Waals surface area contributed by atoms with Crippen LogP contribution in [-0.2, 0) is 16.0 Å². The summed E-state index contributed by atoms with van der Waals surface area (Å²) in [6.07, 6.45) is 5.21. The monoisotopic (exact) mass is 390 g/mol. The highest BCUT2D eigenvalue weighted by molar-refractivity contribution is 9.10. The summed E-state index contributed by atoms with van der Waals surface area (Å²) in [5.41, 5.74) is 2.60. The van der Waals surface area contributed by atoms with Crippen LogP contribution >= 0.6 is 15.9 Å². The molecule has 0 N–H and O–H groups in total. The highest BCUT2D eigenvalue weighted by Crippen LogP contribution is 2.60. The smallest absolute Gasteiger partial charge is 0.308 e. The zero-order valence-electron chi connectivity index (χ0n) is 14.2. The maximum Gasteiger partial charge on any atom is 0.308 e. The van der Waals surface area contributed by atoms with Crippen molar-refractivity contribution in [2.24, 2.45) is 17.3 Å². The van der Waals surface area contributed by atoms with Crippen LogP contribution in [0.15, 0.2) is 18.2 Å². The van der Waals surface area contributed by atoms with Crippen molar-refractivity contribution in [2.75, 3.05) is 0 Å². The fourth-order valence-corrected chi connectivity index (χ4v) is 6.46. The van der Waals surface area contributed by atoms with Crippen LogP contribution in [0, 0.1) is 17.3 Å². The summed E-state index contributed by atoms with van der Waals surface area (Å²) in [5.74, 6) is 2.43. The number of benzene rings is 1. The van der Waals surface area contributed by atoms with Gasteiger partial charge in [0.1, 0.15) is 5.75 Å². The number of halogens is 1. The molecule has 0 radical (unpaired) electrons. The molecule has 0 heterocycles. The lowest BCUT2D eigenvalue weighted by molar-refractivity contribution is -0.132. The highest BCUT2D eigenvalue weighted by Gasteiger charge is 2.57. The van der Waals surface area contributed by atoms with Gasteiger partial charge < -0.3 is 4.74 Å². The Kier molecular flexibility index (Phi) is 3.87. The van der Waals surface area contributed by atoms with Crippen molar-refractivity contribution in [2.45, 2.75) is 56.7 Å². The van der Waals surface area contributed by atoms with Gasteiger partial charge in [-0.15, -0.1) is 0 Å². The number of ketones is 1. The van der Waals surface area contributed by atoms with Gasteiger partial charge in [-0.1, -0.05) is 28.9 Å². The van der Waals surface area contributed by atoms with Gasteiger partial charge >= 0.3 is 5.97 Å². The van der Waals surface area contributed by atoms with E-state index in [1.807, 2.05) is 12.1 Å². The minimum atomic E-state index is -0.273. The van der Waals surface area contributed by atoms with E-state index in [0.29, 0.717) is 29.3 Å². The number of carbonyl (C=O) groups is 2. The normalized spacial score (nSPS) is 37.4. The van der Waals surface area contributed by atoms with Gasteiger partial charge in [0, 0.05) is 12.3 Å². The Labute approximate surface area is 151 Å². The molecule has 128 valence electrons. The molecule has 3 unspecified atom stereocenters. The van der Waals surface area contributed by atoms with Crippen LogP contribution < -0.4 is 4.74 Å². The quantitative estimate of drug-likeness (QED) is 0.405. The van der Waals surface area contributed by atoms with Crippen LogP contribution in [0.3, 0.4) is 0 Å². The molecule has 24 heavy (non-hydrogen) atoms. The molecule has 0 saturated heterocycles. The number of alkyl halides is 1. The summed E-state index contributed by atoms with van der Waals surface area (Å²) in [5, 5.41) is 0. The lowest BCUT2D eigenvalue weighted by Crippen LogP contribution is -2.42. The molecule has 0 spiro atoms. The standard InChI is InChI=1S/C20H23BrO3/c1-11(22)24-13-4-6-14-12(9-13)3-5-16-15(14)7-8-20(2)17(16)10-18(21)19(20)23/h4,6,9,15-18H,3,5,7-8,10H2,1-2H3/t15?,16?,17?,18-,20+/m1/s1. The number of rotatable bonds is 1. The minimum Gasteiger partial charge on any atom is -0.427 e. The van der Waals surface area contributed by atoms with E-state index in [4.69, 9.17) is 4.74 Å². The van der Waals surface area contributed by atoms with Crippen LogP contribution in [0.25, 0.3) is 0 Å². The molecular formula is C20H23BrO3. The van der Waals surface area contributed by atoms with Crippen molar-refractivity contribution in [1.29, 1.82) is 0 Å². The molecule has 3 nitrogen and oxygen atoms in total. The first kappa shape index (κ1) is 16.3. The van der Waals surface area contributed by atoms with E-state index in [1.54, 1.807) is 0 Å². The number of fused-ring (bicyclic) bond motifs is 5. The third kappa shape index (κ3) is 2.37. The fourth-order valence-electron chi connectivity index (χ4n) is 5.54. The molecule has 4 rings (SSSR count).